The number of benzene rings is 1. The number of hydrogen-bond acceptors (Lipinski definition) is 5. The van der Waals surface area contributed by atoms with Crippen LogP contribution in [0.2, 0.25) is 0 Å². The summed E-state index contributed by atoms with van der Waals surface area (Å²) in [6.07, 6.45) is 2.58. The molecule has 6 nitrogen and oxygen atoms in total. The van der Waals surface area contributed by atoms with E-state index >= 15 is 0 Å². The third-order valence-corrected chi connectivity index (χ3v) is 4.88. The predicted octanol–water partition coefficient (Wildman–Crippen LogP) is 2.51. The molecule has 0 aromatic heterocycles. The molecule has 0 spiro atoms. The van der Waals surface area contributed by atoms with E-state index in [-0.39, 0.29) is 24.2 Å². The normalized spacial score (nSPS) is 21.5. The van der Waals surface area contributed by atoms with E-state index < -0.39 is 0 Å². The lowest BCUT2D eigenvalue weighted by molar-refractivity contribution is -0.115. The van der Waals surface area contributed by atoms with Gasteiger partial charge in [0, 0.05) is 32.1 Å². The van der Waals surface area contributed by atoms with E-state index in [0.29, 0.717) is 12.1 Å². The van der Waals surface area contributed by atoms with Gasteiger partial charge in [0.2, 0.25) is 0 Å². The fourth-order valence-corrected chi connectivity index (χ4v) is 3.35. The molecule has 1 amide bonds. The molecule has 0 aliphatic carbocycles. The van der Waals surface area contributed by atoms with Crippen LogP contribution in [0.15, 0.2) is 35.5 Å². The third-order valence-electron chi connectivity index (χ3n) is 4.88. The molecule has 6 heteroatoms. The van der Waals surface area contributed by atoms with Crippen LogP contribution in [0.5, 0.6) is 0 Å². The summed E-state index contributed by atoms with van der Waals surface area (Å²) in [5.74, 6) is -0.0926. The molecule has 142 valence electrons. The largest absolute Gasteiger partial charge is 0.387 e. The van der Waals surface area contributed by atoms with Gasteiger partial charge in [-0.3, -0.25) is 4.79 Å². The minimum atomic E-state index is -0.153. The molecule has 0 radical (unpaired) electrons. The molecule has 2 aliphatic heterocycles. The summed E-state index contributed by atoms with van der Waals surface area (Å²) in [4.78, 5) is 20.3. The van der Waals surface area contributed by atoms with Gasteiger partial charge in [0.1, 0.15) is 5.71 Å². The topological polar surface area (TPSA) is 63.2 Å². The summed E-state index contributed by atoms with van der Waals surface area (Å²) in [7, 11) is 0. The fourth-order valence-electron chi connectivity index (χ4n) is 3.35. The second-order valence-corrected chi connectivity index (χ2v) is 7.26. The number of nitrogens with one attached hydrogen (secondary N) is 1. The van der Waals surface area contributed by atoms with Gasteiger partial charge in [-0.1, -0.05) is 35.5 Å². The van der Waals surface area contributed by atoms with Crippen LogP contribution in [-0.4, -0.2) is 54.9 Å². The molecule has 3 rings (SSSR count). The highest BCUT2D eigenvalue weighted by atomic mass is 16.6. The number of hydrogen-bond donors (Lipinski definition) is 1. The number of ether oxygens (including phenoxy) is 1. The Morgan fingerprint density at radius 1 is 1.31 bits per heavy atom. The highest BCUT2D eigenvalue weighted by Crippen LogP contribution is 2.27. The van der Waals surface area contributed by atoms with Gasteiger partial charge < -0.3 is 19.8 Å². The van der Waals surface area contributed by atoms with Crippen molar-refractivity contribution in [1.82, 2.24) is 10.2 Å². The molecule has 1 atom stereocenters. The Bertz CT molecular complexity index is 610. The molecule has 0 saturated carbocycles. The molecule has 26 heavy (non-hydrogen) atoms. The van der Waals surface area contributed by atoms with Crippen molar-refractivity contribution in [2.24, 2.45) is 5.16 Å². The number of likely N-dealkylation sites (tertiary alicyclic amines) is 1. The average molecular weight is 359 g/mol. The van der Waals surface area contributed by atoms with Gasteiger partial charge in [-0.2, -0.15) is 0 Å². The van der Waals surface area contributed by atoms with Gasteiger partial charge in [-0.05, 0) is 32.3 Å². The highest BCUT2D eigenvalue weighted by molar-refractivity contribution is 6.39. The number of oxime groups is 1. The van der Waals surface area contributed by atoms with Gasteiger partial charge in [0.05, 0.1) is 12.7 Å². The maximum Gasteiger partial charge on any atom is 0.269 e. The van der Waals surface area contributed by atoms with Crippen LogP contribution in [0.3, 0.4) is 0 Å². The van der Waals surface area contributed by atoms with E-state index in [0.717, 1.165) is 44.6 Å². The molecule has 2 aliphatic rings. The van der Waals surface area contributed by atoms with Crippen molar-refractivity contribution in [2.75, 3.05) is 26.2 Å². The van der Waals surface area contributed by atoms with E-state index in [2.05, 4.69) is 29.2 Å². The lowest BCUT2D eigenvalue weighted by atomic mass is 10.0. The molecule has 2 heterocycles. The van der Waals surface area contributed by atoms with E-state index in [1.165, 1.54) is 0 Å². The van der Waals surface area contributed by atoms with Gasteiger partial charge in [0.25, 0.3) is 5.91 Å². The van der Waals surface area contributed by atoms with Crippen LogP contribution >= 0.6 is 0 Å². The summed E-state index contributed by atoms with van der Waals surface area (Å²) in [5, 5.41) is 7.13. The lowest BCUT2D eigenvalue weighted by Crippen LogP contribution is -2.47. The van der Waals surface area contributed by atoms with Crippen molar-refractivity contribution < 1.29 is 14.4 Å². The molecular weight excluding hydrogens is 330 g/mol. The molecule has 0 unspecified atom stereocenters. The number of carbonyl (C=O) groups excluding carboxylic acids is 1. The standard InChI is InChI=1S/C20H29N3O3/c1-15(2)25-13-12-23-10-8-17(9-11-23)21-20(24)18-14-19(26-22-18)16-6-4-3-5-7-16/h3-7,15,17,19H,8-14H2,1-2H3,(H,21,24)/t19-/m1/s1. The van der Waals surface area contributed by atoms with E-state index in [9.17, 15) is 4.79 Å². The Hall–Kier alpha value is -1.92. The summed E-state index contributed by atoms with van der Waals surface area (Å²) in [5.41, 5.74) is 1.54. The van der Waals surface area contributed by atoms with Gasteiger partial charge in [-0.25, -0.2) is 0 Å². The SMILES string of the molecule is CC(C)OCCN1CCC(NC(=O)C2=NO[C@@H](c3ccccc3)C2)CC1. The number of amides is 1. The van der Waals surface area contributed by atoms with Crippen molar-refractivity contribution in [1.29, 1.82) is 0 Å². The Labute approximate surface area is 155 Å². The zero-order valence-corrected chi connectivity index (χ0v) is 15.7. The molecule has 1 N–H and O–H groups in total. The summed E-state index contributed by atoms with van der Waals surface area (Å²) < 4.78 is 5.61. The maximum absolute atomic E-state index is 12.5. The average Bonchev–Trinajstić information content (AvgIpc) is 3.14. The Balaban J connectivity index is 1.38. The monoisotopic (exact) mass is 359 g/mol. The summed E-state index contributed by atoms with van der Waals surface area (Å²) >= 11 is 0. The maximum atomic E-state index is 12.5. The Morgan fingerprint density at radius 3 is 2.73 bits per heavy atom. The quantitative estimate of drug-likeness (QED) is 0.812. The van der Waals surface area contributed by atoms with Crippen LogP contribution in [0.1, 0.15) is 44.8 Å². The highest BCUT2D eigenvalue weighted by Gasteiger charge is 2.29. The Kier molecular flexibility index (Phi) is 6.63. The molecular formula is C20H29N3O3. The summed E-state index contributed by atoms with van der Waals surface area (Å²) in [6.45, 7) is 7.81. The minimum absolute atomic E-state index is 0.0926. The third kappa shape index (κ3) is 5.29. The number of rotatable bonds is 7. The van der Waals surface area contributed by atoms with Crippen LogP contribution in [0, 0.1) is 0 Å². The van der Waals surface area contributed by atoms with Crippen LogP contribution in [-0.2, 0) is 14.4 Å². The van der Waals surface area contributed by atoms with Crippen molar-refractivity contribution in [3.05, 3.63) is 35.9 Å². The molecule has 1 fully saturated rings. The van der Waals surface area contributed by atoms with Gasteiger partial charge in [-0.15, -0.1) is 0 Å². The molecule has 1 aromatic rings. The zero-order valence-electron chi connectivity index (χ0n) is 15.7. The zero-order chi connectivity index (χ0) is 18.4. The fraction of sp³-hybridized carbons (Fsp3) is 0.600. The van der Waals surface area contributed by atoms with E-state index in [1.54, 1.807) is 0 Å². The van der Waals surface area contributed by atoms with Gasteiger partial charge >= 0.3 is 0 Å². The molecule has 0 bridgehead atoms. The van der Waals surface area contributed by atoms with Crippen LogP contribution < -0.4 is 5.32 Å². The predicted molar refractivity (Wildman–Crippen MR) is 101 cm³/mol. The van der Waals surface area contributed by atoms with Crippen LogP contribution in [0.4, 0.5) is 0 Å². The lowest BCUT2D eigenvalue weighted by Gasteiger charge is -2.32. The molecule has 1 aromatic carbocycles. The first kappa shape index (κ1) is 18.9. The van der Waals surface area contributed by atoms with Crippen LogP contribution in [0.25, 0.3) is 0 Å². The van der Waals surface area contributed by atoms with Gasteiger partial charge in [0.15, 0.2) is 6.10 Å². The number of piperidine rings is 1. The summed E-state index contributed by atoms with van der Waals surface area (Å²) in [6, 6.07) is 10.1. The van der Waals surface area contributed by atoms with E-state index in [4.69, 9.17) is 9.57 Å². The second-order valence-electron chi connectivity index (χ2n) is 7.26. The van der Waals surface area contributed by atoms with Crippen molar-refractivity contribution in [3.63, 3.8) is 0 Å². The number of nitrogens with zero attached hydrogens (tertiary/aromatic N) is 2. The number of carbonyl (C=O) groups is 1. The first-order chi connectivity index (χ1) is 12.6. The first-order valence-corrected chi connectivity index (χ1v) is 9.54. The second kappa shape index (κ2) is 9.14. The minimum Gasteiger partial charge on any atom is -0.387 e. The van der Waals surface area contributed by atoms with E-state index in [1.807, 2.05) is 30.3 Å². The Morgan fingerprint density at radius 2 is 2.04 bits per heavy atom. The first-order valence-electron chi connectivity index (χ1n) is 9.54. The smallest absolute Gasteiger partial charge is 0.269 e. The molecule has 1 saturated heterocycles. The van der Waals surface area contributed by atoms with Crippen molar-refractivity contribution in [2.45, 2.75) is 51.4 Å². The van der Waals surface area contributed by atoms with Crippen molar-refractivity contribution in [3.8, 4) is 0 Å². The van der Waals surface area contributed by atoms with Crippen molar-refractivity contribution >= 4 is 11.6 Å².